The number of hydrogen-bond acceptors (Lipinski definition) is 5. The summed E-state index contributed by atoms with van der Waals surface area (Å²) < 4.78 is 1.30. The Bertz CT molecular complexity index is 1090. The predicted octanol–water partition coefficient (Wildman–Crippen LogP) is 2.51. The van der Waals surface area contributed by atoms with E-state index in [0.29, 0.717) is 24.5 Å². The minimum Gasteiger partial charge on any atom is -0.352 e. The van der Waals surface area contributed by atoms with Gasteiger partial charge in [0.25, 0.3) is 5.56 Å². The number of hydrogen-bond donors (Lipinski definition) is 2. The van der Waals surface area contributed by atoms with E-state index in [0.717, 1.165) is 16.8 Å². The molecule has 3 rings (SSSR count). The van der Waals surface area contributed by atoms with Crippen LogP contribution in [0.2, 0.25) is 10.0 Å². The van der Waals surface area contributed by atoms with Gasteiger partial charge in [-0.25, -0.2) is 4.68 Å². The van der Waals surface area contributed by atoms with E-state index in [1.807, 2.05) is 24.3 Å². The van der Waals surface area contributed by atoms with Crippen LogP contribution in [0.3, 0.4) is 0 Å². The normalized spacial score (nSPS) is 10.8. The first-order valence-corrected chi connectivity index (χ1v) is 10.1. The van der Waals surface area contributed by atoms with Crippen LogP contribution in [-0.2, 0) is 37.3 Å². The monoisotopic (exact) mass is 445 g/mol. The Morgan fingerprint density at radius 2 is 2.00 bits per heavy atom. The van der Waals surface area contributed by atoms with Crippen molar-refractivity contribution in [2.45, 2.75) is 32.5 Å². The molecule has 0 spiro atoms. The van der Waals surface area contributed by atoms with Crippen molar-refractivity contribution in [3.05, 3.63) is 91.6 Å². The molecule has 30 heavy (non-hydrogen) atoms. The Hall–Kier alpha value is -2.74. The maximum atomic E-state index is 12.7. The molecule has 7 nitrogen and oxygen atoms in total. The lowest BCUT2D eigenvalue weighted by Crippen LogP contribution is -2.32. The molecule has 0 radical (unpaired) electrons. The van der Waals surface area contributed by atoms with Crippen LogP contribution in [0.5, 0.6) is 0 Å². The molecule has 1 aromatic carbocycles. The van der Waals surface area contributed by atoms with Crippen LogP contribution < -0.4 is 16.6 Å². The van der Waals surface area contributed by atoms with E-state index in [4.69, 9.17) is 28.9 Å². The molecule has 0 atom stereocenters. The van der Waals surface area contributed by atoms with Gasteiger partial charge in [-0.05, 0) is 35.4 Å². The van der Waals surface area contributed by atoms with Gasteiger partial charge in [-0.15, -0.1) is 0 Å². The highest BCUT2D eigenvalue weighted by molar-refractivity contribution is 6.31. The summed E-state index contributed by atoms with van der Waals surface area (Å²) >= 11 is 12.2. The SMILES string of the molecule is NCc1ccc(Cl)cc1CNC(=O)Cc1c(Cl)cnn(CCc2ccccn2)c1=O. The standard InChI is InChI=1S/C21H21Cl2N5O2/c22-16-5-4-14(11-24)15(9-16)12-26-20(29)10-18-19(23)13-27-28(21(18)30)8-6-17-3-1-2-7-25-17/h1-5,7,9,13H,6,8,10-12,24H2,(H,26,29). The summed E-state index contributed by atoms with van der Waals surface area (Å²) in [5.74, 6) is -0.334. The summed E-state index contributed by atoms with van der Waals surface area (Å²) in [5, 5.41) is 7.58. The number of halogens is 2. The van der Waals surface area contributed by atoms with E-state index in [2.05, 4.69) is 15.4 Å². The number of rotatable bonds is 8. The van der Waals surface area contributed by atoms with Crippen molar-refractivity contribution >= 4 is 29.1 Å². The number of amides is 1. The molecule has 0 aliphatic rings. The van der Waals surface area contributed by atoms with E-state index in [-0.39, 0.29) is 35.0 Å². The topological polar surface area (TPSA) is 103 Å². The van der Waals surface area contributed by atoms with Crippen LogP contribution in [0.25, 0.3) is 0 Å². The number of nitrogens with one attached hydrogen (secondary N) is 1. The molecule has 9 heteroatoms. The zero-order valence-corrected chi connectivity index (χ0v) is 17.7. The van der Waals surface area contributed by atoms with Gasteiger partial charge in [0.15, 0.2) is 0 Å². The molecule has 1 amide bonds. The maximum Gasteiger partial charge on any atom is 0.271 e. The van der Waals surface area contributed by atoms with Crippen molar-refractivity contribution in [3.8, 4) is 0 Å². The molecule has 3 N–H and O–H groups in total. The number of pyridine rings is 1. The van der Waals surface area contributed by atoms with E-state index in [9.17, 15) is 9.59 Å². The Morgan fingerprint density at radius 3 is 2.73 bits per heavy atom. The van der Waals surface area contributed by atoms with Crippen molar-refractivity contribution in [2.24, 2.45) is 5.73 Å². The van der Waals surface area contributed by atoms with Crippen LogP contribution in [0.15, 0.2) is 53.6 Å². The van der Waals surface area contributed by atoms with E-state index < -0.39 is 0 Å². The Kier molecular flexibility index (Phi) is 7.57. The van der Waals surface area contributed by atoms with E-state index in [1.165, 1.54) is 10.9 Å². The quantitative estimate of drug-likeness (QED) is 0.554. The third-order valence-electron chi connectivity index (χ3n) is 4.60. The summed E-state index contributed by atoms with van der Waals surface area (Å²) in [6, 6.07) is 10.9. The van der Waals surface area contributed by atoms with Gasteiger partial charge in [0.05, 0.1) is 24.2 Å². The third-order valence-corrected chi connectivity index (χ3v) is 5.16. The molecule has 0 saturated heterocycles. The Morgan fingerprint density at radius 1 is 1.17 bits per heavy atom. The van der Waals surface area contributed by atoms with Crippen LogP contribution in [0.1, 0.15) is 22.4 Å². The number of nitrogens with two attached hydrogens (primary N) is 1. The second kappa shape index (κ2) is 10.3. The molecule has 2 aromatic heterocycles. The van der Waals surface area contributed by atoms with E-state index >= 15 is 0 Å². The van der Waals surface area contributed by atoms with E-state index in [1.54, 1.807) is 18.3 Å². The summed E-state index contributed by atoms with van der Waals surface area (Å²) in [7, 11) is 0. The largest absolute Gasteiger partial charge is 0.352 e. The molecule has 0 unspecified atom stereocenters. The molecular formula is C21H21Cl2N5O2. The Balaban J connectivity index is 1.67. The van der Waals surface area contributed by atoms with Gasteiger partial charge < -0.3 is 11.1 Å². The molecule has 0 aliphatic heterocycles. The highest BCUT2D eigenvalue weighted by atomic mass is 35.5. The first kappa shape index (κ1) is 22.0. The first-order valence-electron chi connectivity index (χ1n) is 9.36. The fourth-order valence-corrected chi connectivity index (χ4v) is 3.36. The highest BCUT2D eigenvalue weighted by Gasteiger charge is 2.15. The van der Waals surface area contributed by atoms with Gasteiger partial charge in [-0.2, -0.15) is 5.10 Å². The fraction of sp³-hybridized carbons (Fsp3) is 0.238. The van der Waals surface area contributed by atoms with Gasteiger partial charge in [-0.3, -0.25) is 14.6 Å². The lowest BCUT2D eigenvalue weighted by Gasteiger charge is -2.11. The first-order chi connectivity index (χ1) is 14.5. The molecule has 0 fully saturated rings. The van der Waals surface area contributed by atoms with Crippen LogP contribution in [0.4, 0.5) is 0 Å². The molecule has 156 valence electrons. The van der Waals surface area contributed by atoms with Crippen molar-refractivity contribution < 1.29 is 4.79 Å². The number of carbonyl (C=O) groups excluding carboxylic acids is 1. The molecular weight excluding hydrogens is 425 g/mol. The number of nitrogens with zero attached hydrogens (tertiary/aromatic N) is 3. The summed E-state index contributed by atoms with van der Waals surface area (Å²) in [5.41, 5.74) is 8.10. The molecule has 0 aliphatic carbocycles. The number of aryl methyl sites for hydroxylation is 2. The second-order valence-electron chi connectivity index (χ2n) is 6.64. The van der Waals surface area contributed by atoms with Crippen molar-refractivity contribution in [1.29, 1.82) is 0 Å². The van der Waals surface area contributed by atoms with Crippen molar-refractivity contribution in [2.75, 3.05) is 0 Å². The molecule has 0 saturated carbocycles. The van der Waals surface area contributed by atoms with Crippen LogP contribution >= 0.6 is 23.2 Å². The van der Waals surface area contributed by atoms with Gasteiger partial charge in [0, 0.05) is 42.0 Å². The lowest BCUT2D eigenvalue weighted by molar-refractivity contribution is -0.120. The number of aromatic nitrogens is 3. The summed E-state index contributed by atoms with van der Waals surface area (Å²) in [4.78, 5) is 29.4. The Labute approximate surface area is 183 Å². The highest BCUT2D eigenvalue weighted by Crippen LogP contribution is 2.16. The zero-order chi connectivity index (χ0) is 21.5. The zero-order valence-electron chi connectivity index (χ0n) is 16.1. The van der Waals surface area contributed by atoms with Gasteiger partial charge >= 0.3 is 0 Å². The fourth-order valence-electron chi connectivity index (χ4n) is 2.97. The minimum atomic E-state index is -0.390. The average molecular weight is 446 g/mol. The third kappa shape index (κ3) is 5.66. The lowest BCUT2D eigenvalue weighted by atomic mass is 10.1. The molecule has 2 heterocycles. The predicted molar refractivity (Wildman–Crippen MR) is 116 cm³/mol. The minimum absolute atomic E-state index is 0.150. The molecule has 3 aromatic rings. The maximum absolute atomic E-state index is 12.7. The van der Waals surface area contributed by atoms with Gasteiger partial charge in [0.1, 0.15) is 0 Å². The van der Waals surface area contributed by atoms with Crippen LogP contribution in [0, 0.1) is 0 Å². The van der Waals surface area contributed by atoms with Gasteiger partial charge in [-0.1, -0.05) is 35.3 Å². The second-order valence-corrected chi connectivity index (χ2v) is 7.48. The summed E-state index contributed by atoms with van der Waals surface area (Å²) in [6.45, 7) is 0.923. The summed E-state index contributed by atoms with van der Waals surface area (Å²) in [6.07, 6.45) is 3.46. The average Bonchev–Trinajstić information content (AvgIpc) is 2.75. The number of benzene rings is 1. The molecule has 0 bridgehead atoms. The van der Waals surface area contributed by atoms with Crippen LogP contribution in [-0.4, -0.2) is 20.7 Å². The van der Waals surface area contributed by atoms with Crippen molar-refractivity contribution in [3.63, 3.8) is 0 Å². The van der Waals surface area contributed by atoms with Crippen molar-refractivity contribution in [1.82, 2.24) is 20.1 Å². The number of carbonyl (C=O) groups is 1. The smallest absolute Gasteiger partial charge is 0.271 e. The van der Waals surface area contributed by atoms with Gasteiger partial charge in [0.2, 0.25) is 5.91 Å².